The smallest absolute Gasteiger partial charge is 0.410 e. The SMILES string of the molecule is CCCCCNCCCNCCCN(CCCN)C(=O)OC(C)(C)C. The first kappa shape index (κ1) is 24.1. The van der Waals surface area contributed by atoms with Gasteiger partial charge in [-0.25, -0.2) is 4.79 Å². The van der Waals surface area contributed by atoms with Gasteiger partial charge in [0.15, 0.2) is 0 Å². The lowest BCUT2D eigenvalue weighted by Crippen LogP contribution is -2.39. The Bertz CT molecular complexity index is 319. The van der Waals surface area contributed by atoms with E-state index in [0.717, 1.165) is 45.4 Å². The molecule has 25 heavy (non-hydrogen) atoms. The van der Waals surface area contributed by atoms with Gasteiger partial charge in [-0.3, -0.25) is 0 Å². The van der Waals surface area contributed by atoms with E-state index in [1.807, 2.05) is 20.8 Å². The van der Waals surface area contributed by atoms with Crippen molar-refractivity contribution in [1.29, 1.82) is 0 Å². The molecule has 0 atom stereocenters. The lowest BCUT2D eigenvalue weighted by atomic mass is 10.2. The maximum Gasteiger partial charge on any atom is 0.410 e. The Morgan fingerprint density at radius 2 is 1.48 bits per heavy atom. The molecule has 1 amide bonds. The Labute approximate surface area is 155 Å². The Kier molecular flexibility index (Phi) is 14.9. The van der Waals surface area contributed by atoms with Gasteiger partial charge in [-0.05, 0) is 79.2 Å². The fraction of sp³-hybridized carbons (Fsp3) is 0.947. The van der Waals surface area contributed by atoms with Crippen molar-refractivity contribution >= 4 is 6.09 Å². The number of nitrogens with zero attached hydrogens (tertiary/aromatic N) is 1. The van der Waals surface area contributed by atoms with Crippen molar-refractivity contribution in [3.8, 4) is 0 Å². The van der Waals surface area contributed by atoms with Gasteiger partial charge in [0, 0.05) is 13.1 Å². The second-order valence-corrected chi connectivity index (χ2v) is 7.52. The fourth-order valence-electron chi connectivity index (χ4n) is 2.39. The van der Waals surface area contributed by atoms with Crippen molar-refractivity contribution in [1.82, 2.24) is 15.5 Å². The van der Waals surface area contributed by atoms with E-state index in [-0.39, 0.29) is 6.09 Å². The van der Waals surface area contributed by atoms with Gasteiger partial charge in [-0.15, -0.1) is 0 Å². The Balaban J connectivity index is 3.75. The number of nitrogens with two attached hydrogens (primary N) is 1. The van der Waals surface area contributed by atoms with E-state index < -0.39 is 5.60 Å². The van der Waals surface area contributed by atoms with Crippen LogP contribution in [0.5, 0.6) is 0 Å². The molecule has 4 N–H and O–H groups in total. The van der Waals surface area contributed by atoms with Crippen molar-refractivity contribution in [2.75, 3.05) is 45.8 Å². The summed E-state index contributed by atoms with van der Waals surface area (Å²) in [5.74, 6) is 0. The Morgan fingerprint density at radius 1 is 0.920 bits per heavy atom. The minimum atomic E-state index is -0.458. The van der Waals surface area contributed by atoms with Crippen molar-refractivity contribution in [3.05, 3.63) is 0 Å². The number of hydrogen-bond acceptors (Lipinski definition) is 5. The first-order valence-electron chi connectivity index (χ1n) is 10.00. The number of unbranched alkanes of at least 4 members (excludes halogenated alkanes) is 2. The summed E-state index contributed by atoms with van der Waals surface area (Å²) in [4.78, 5) is 14.0. The number of carbonyl (C=O) groups excluding carboxylic acids is 1. The molecule has 0 aliphatic rings. The molecule has 0 unspecified atom stereocenters. The Hall–Kier alpha value is -0.850. The van der Waals surface area contributed by atoms with Crippen LogP contribution in [0.25, 0.3) is 0 Å². The molecule has 0 aromatic heterocycles. The van der Waals surface area contributed by atoms with Crippen LogP contribution in [0.4, 0.5) is 4.79 Å². The molecule has 0 aromatic rings. The highest BCUT2D eigenvalue weighted by Crippen LogP contribution is 2.10. The normalized spacial score (nSPS) is 11.6. The molecule has 0 radical (unpaired) electrons. The van der Waals surface area contributed by atoms with Crippen molar-refractivity contribution in [2.45, 2.75) is 71.8 Å². The molecule has 6 heteroatoms. The summed E-state index contributed by atoms with van der Waals surface area (Å²) in [6.45, 7) is 14.0. The third kappa shape index (κ3) is 16.4. The highest BCUT2D eigenvalue weighted by atomic mass is 16.6. The minimum Gasteiger partial charge on any atom is -0.444 e. The molecule has 0 bridgehead atoms. The van der Waals surface area contributed by atoms with Crippen LogP contribution in [0.2, 0.25) is 0 Å². The fourth-order valence-corrected chi connectivity index (χ4v) is 2.39. The summed E-state index contributed by atoms with van der Waals surface area (Å²) in [6.07, 6.45) is 6.47. The second-order valence-electron chi connectivity index (χ2n) is 7.52. The first-order chi connectivity index (χ1) is 11.9. The molecule has 6 nitrogen and oxygen atoms in total. The highest BCUT2D eigenvalue weighted by molar-refractivity contribution is 5.68. The lowest BCUT2D eigenvalue weighted by Gasteiger charge is -2.27. The van der Waals surface area contributed by atoms with E-state index in [2.05, 4.69) is 17.6 Å². The molecule has 0 spiro atoms. The van der Waals surface area contributed by atoms with Crippen LogP contribution in [-0.2, 0) is 4.74 Å². The van der Waals surface area contributed by atoms with Crippen LogP contribution in [0.1, 0.15) is 66.2 Å². The lowest BCUT2D eigenvalue weighted by molar-refractivity contribution is 0.0247. The number of carbonyl (C=O) groups is 1. The molecule has 150 valence electrons. The van der Waals surface area contributed by atoms with E-state index >= 15 is 0 Å². The van der Waals surface area contributed by atoms with Crippen LogP contribution < -0.4 is 16.4 Å². The minimum absolute atomic E-state index is 0.239. The summed E-state index contributed by atoms with van der Waals surface area (Å²) in [6, 6.07) is 0. The van der Waals surface area contributed by atoms with Crippen molar-refractivity contribution < 1.29 is 9.53 Å². The van der Waals surface area contributed by atoms with E-state index in [4.69, 9.17) is 10.5 Å². The standard InChI is InChI=1S/C19H42N4O2/c1-5-6-7-12-21-13-9-14-22-15-10-17-23(16-8-11-20)18(24)25-19(2,3)4/h21-22H,5-17,20H2,1-4H3. The maximum atomic E-state index is 12.2. The van der Waals surface area contributed by atoms with E-state index in [1.54, 1.807) is 4.90 Å². The topological polar surface area (TPSA) is 79.6 Å². The monoisotopic (exact) mass is 358 g/mol. The summed E-state index contributed by atoms with van der Waals surface area (Å²) in [5, 5.41) is 6.91. The summed E-state index contributed by atoms with van der Waals surface area (Å²) in [5.41, 5.74) is 5.11. The van der Waals surface area contributed by atoms with Crippen molar-refractivity contribution in [3.63, 3.8) is 0 Å². The van der Waals surface area contributed by atoms with E-state index in [9.17, 15) is 4.79 Å². The first-order valence-corrected chi connectivity index (χ1v) is 10.00. The van der Waals surface area contributed by atoms with E-state index in [0.29, 0.717) is 19.6 Å². The van der Waals surface area contributed by atoms with Crippen LogP contribution in [0.3, 0.4) is 0 Å². The average molecular weight is 359 g/mol. The third-order valence-corrected chi connectivity index (χ3v) is 3.73. The zero-order valence-corrected chi connectivity index (χ0v) is 17.0. The second kappa shape index (κ2) is 15.4. The zero-order chi connectivity index (χ0) is 19.0. The molecule has 0 aliphatic carbocycles. The predicted molar refractivity (Wildman–Crippen MR) is 106 cm³/mol. The largest absolute Gasteiger partial charge is 0.444 e. The van der Waals surface area contributed by atoms with Gasteiger partial charge in [-0.1, -0.05) is 19.8 Å². The molecule has 0 aliphatic heterocycles. The number of nitrogens with one attached hydrogen (secondary N) is 2. The van der Waals surface area contributed by atoms with Gasteiger partial charge >= 0.3 is 6.09 Å². The third-order valence-electron chi connectivity index (χ3n) is 3.73. The molecule has 0 fully saturated rings. The van der Waals surface area contributed by atoms with Gasteiger partial charge in [0.2, 0.25) is 0 Å². The summed E-state index contributed by atoms with van der Waals surface area (Å²) >= 11 is 0. The molecular weight excluding hydrogens is 316 g/mol. The highest BCUT2D eigenvalue weighted by Gasteiger charge is 2.21. The molecule has 0 rings (SSSR count). The quantitative estimate of drug-likeness (QED) is 0.392. The molecule has 0 aromatic carbocycles. The number of hydrogen-bond donors (Lipinski definition) is 3. The van der Waals surface area contributed by atoms with Crippen molar-refractivity contribution in [2.24, 2.45) is 5.73 Å². The number of ether oxygens (including phenoxy) is 1. The van der Waals surface area contributed by atoms with Gasteiger partial charge in [0.25, 0.3) is 0 Å². The van der Waals surface area contributed by atoms with Crippen LogP contribution in [0.15, 0.2) is 0 Å². The average Bonchev–Trinajstić information content (AvgIpc) is 2.53. The zero-order valence-electron chi connectivity index (χ0n) is 17.0. The molecule has 0 saturated heterocycles. The van der Waals surface area contributed by atoms with Crippen LogP contribution >= 0.6 is 0 Å². The van der Waals surface area contributed by atoms with E-state index in [1.165, 1.54) is 19.3 Å². The van der Waals surface area contributed by atoms with Gasteiger partial charge in [0.1, 0.15) is 5.60 Å². The number of rotatable bonds is 15. The molecule has 0 saturated carbocycles. The summed E-state index contributed by atoms with van der Waals surface area (Å²) in [7, 11) is 0. The van der Waals surface area contributed by atoms with Gasteiger partial charge in [-0.2, -0.15) is 0 Å². The predicted octanol–water partition coefficient (Wildman–Crippen LogP) is 2.72. The van der Waals surface area contributed by atoms with Gasteiger partial charge in [0.05, 0.1) is 0 Å². The maximum absolute atomic E-state index is 12.2. The van der Waals surface area contributed by atoms with Crippen LogP contribution in [0, 0.1) is 0 Å². The van der Waals surface area contributed by atoms with Crippen LogP contribution in [-0.4, -0.2) is 62.4 Å². The van der Waals surface area contributed by atoms with Gasteiger partial charge < -0.3 is 26.0 Å². The number of amides is 1. The Morgan fingerprint density at radius 3 is 2.04 bits per heavy atom. The molecule has 0 heterocycles. The summed E-state index contributed by atoms with van der Waals surface area (Å²) < 4.78 is 5.46. The molecular formula is C19H42N4O2.